The number of hydrogen-bond acceptors (Lipinski definition) is 4. The Bertz CT molecular complexity index is 1090. The highest BCUT2D eigenvalue weighted by molar-refractivity contribution is 8.24. The molecule has 1 saturated heterocycles. The van der Waals surface area contributed by atoms with E-state index in [-0.39, 0.29) is 5.92 Å². The first-order valence-electron chi connectivity index (χ1n) is 9.07. The molecule has 4 rings (SSSR count). The molecule has 1 aromatic heterocycles. The van der Waals surface area contributed by atoms with Crippen molar-refractivity contribution in [3.63, 3.8) is 0 Å². The summed E-state index contributed by atoms with van der Waals surface area (Å²) in [4.78, 5) is 15.3. The molecule has 0 unspecified atom stereocenters. The summed E-state index contributed by atoms with van der Waals surface area (Å²) in [6.45, 7) is 0. The minimum absolute atomic E-state index is 0.200. The smallest absolute Gasteiger partial charge is 0.250 e. The molecular formula is C21H21N3O3S. The lowest BCUT2D eigenvalue weighted by Gasteiger charge is -2.39. The zero-order chi connectivity index (χ0) is 19.9. The summed E-state index contributed by atoms with van der Waals surface area (Å²) in [6, 6.07) is 13.1. The molecule has 5 N–H and O–H groups in total. The fourth-order valence-electron chi connectivity index (χ4n) is 3.91. The molecule has 144 valence electrons. The van der Waals surface area contributed by atoms with Gasteiger partial charge >= 0.3 is 0 Å². The van der Waals surface area contributed by atoms with Crippen LogP contribution in [-0.2, 0) is 0 Å². The van der Waals surface area contributed by atoms with Crippen molar-refractivity contribution >= 4 is 27.4 Å². The van der Waals surface area contributed by atoms with Crippen LogP contribution in [0.1, 0.15) is 40.2 Å². The van der Waals surface area contributed by atoms with Crippen LogP contribution in [0.25, 0.3) is 22.0 Å². The highest BCUT2D eigenvalue weighted by Gasteiger charge is 2.27. The lowest BCUT2D eigenvalue weighted by molar-refractivity contribution is 0.100. The molecule has 0 atom stereocenters. The van der Waals surface area contributed by atoms with Crippen molar-refractivity contribution in [3.8, 4) is 17.2 Å². The summed E-state index contributed by atoms with van der Waals surface area (Å²) in [5.74, 6) is 0.502. The molecule has 1 aliphatic heterocycles. The maximum absolute atomic E-state index is 12.1. The molecule has 28 heavy (non-hydrogen) atoms. The monoisotopic (exact) mass is 395 g/mol. The minimum atomic E-state index is -2.45. The lowest BCUT2D eigenvalue weighted by atomic mass is 9.90. The van der Waals surface area contributed by atoms with Gasteiger partial charge in [0.05, 0.1) is 22.7 Å². The average Bonchev–Trinajstić information content (AvgIpc) is 3.11. The summed E-state index contributed by atoms with van der Waals surface area (Å²) in [7, 11) is -2.45. The Labute approximate surface area is 164 Å². The van der Waals surface area contributed by atoms with Gasteiger partial charge in [0, 0.05) is 23.1 Å². The summed E-state index contributed by atoms with van der Waals surface area (Å²) in [6.07, 6.45) is 3.30. The highest BCUT2D eigenvalue weighted by Crippen LogP contribution is 2.49. The van der Waals surface area contributed by atoms with Gasteiger partial charge < -0.3 is 10.7 Å². The fraction of sp³-hybridized carbons (Fsp3) is 0.238. The third kappa shape index (κ3) is 3.38. The average molecular weight is 395 g/mol. The van der Waals surface area contributed by atoms with Gasteiger partial charge in [0.1, 0.15) is 0 Å². The predicted molar refractivity (Wildman–Crippen MR) is 112 cm³/mol. The Morgan fingerprint density at radius 1 is 1.14 bits per heavy atom. The molecule has 1 fully saturated rings. The number of H-pyrrole nitrogens is 1. The third-order valence-electron chi connectivity index (χ3n) is 5.46. The van der Waals surface area contributed by atoms with Crippen LogP contribution in [0.15, 0.2) is 42.6 Å². The number of carbonyl (C=O) groups is 1. The van der Waals surface area contributed by atoms with E-state index < -0.39 is 16.5 Å². The molecule has 3 aromatic rings. The molecule has 2 aromatic carbocycles. The predicted octanol–water partition coefficient (Wildman–Crippen LogP) is 4.43. The molecule has 0 bridgehead atoms. The molecular weight excluding hydrogens is 374 g/mol. The van der Waals surface area contributed by atoms with Gasteiger partial charge in [-0.1, -0.05) is 12.1 Å². The van der Waals surface area contributed by atoms with Gasteiger partial charge in [0.15, 0.2) is 0 Å². The van der Waals surface area contributed by atoms with Crippen molar-refractivity contribution in [3.05, 3.63) is 59.3 Å². The lowest BCUT2D eigenvalue weighted by Crippen LogP contribution is -2.19. The van der Waals surface area contributed by atoms with E-state index in [1.54, 1.807) is 18.2 Å². The van der Waals surface area contributed by atoms with E-state index >= 15 is 0 Å². The normalized spacial score (nSPS) is 17.9. The second-order valence-corrected chi connectivity index (χ2v) is 9.65. The number of carbonyl (C=O) groups excluding carboxylic acids is 1. The van der Waals surface area contributed by atoms with Crippen LogP contribution in [0.4, 0.5) is 0 Å². The van der Waals surface area contributed by atoms with Crippen molar-refractivity contribution in [2.75, 3.05) is 11.5 Å². The number of aromatic amines is 1. The van der Waals surface area contributed by atoms with Gasteiger partial charge in [0.25, 0.3) is 5.91 Å². The van der Waals surface area contributed by atoms with Crippen LogP contribution in [-0.4, -0.2) is 31.5 Å². The second kappa shape index (κ2) is 6.99. The molecule has 1 aliphatic rings. The fourth-order valence-corrected chi connectivity index (χ4v) is 5.44. The summed E-state index contributed by atoms with van der Waals surface area (Å²) < 4.78 is 19.8. The van der Waals surface area contributed by atoms with Crippen molar-refractivity contribution in [2.45, 2.75) is 18.8 Å². The highest BCUT2D eigenvalue weighted by atomic mass is 32.3. The first-order valence-corrected chi connectivity index (χ1v) is 11.0. The van der Waals surface area contributed by atoms with Crippen molar-refractivity contribution in [1.29, 1.82) is 5.26 Å². The zero-order valence-electron chi connectivity index (χ0n) is 15.2. The number of nitrogens with one attached hydrogen (secondary N) is 1. The summed E-state index contributed by atoms with van der Waals surface area (Å²) in [5, 5.41) is 9.93. The van der Waals surface area contributed by atoms with Gasteiger partial charge in [-0.2, -0.15) is 15.9 Å². The number of amides is 1. The van der Waals surface area contributed by atoms with Crippen LogP contribution < -0.4 is 5.73 Å². The van der Waals surface area contributed by atoms with E-state index in [1.807, 2.05) is 24.4 Å². The maximum Gasteiger partial charge on any atom is 0.250 e. The maximum atomic E-state index is 12.1. The van der Waals surface area contributed by atoms with E-state index in [1.165, 1.54) is 0 Å². The van der Waals surface area contributed by atoms with E-state index in [0.717, 1.165) is 22.1 Å². The van der Waals surface area contributed by atoms with Crippen LogP contribution in [0.5, 0.6) is 0 Å². The van der Waals surface area contributed by atoms with E-state index in [4.69, 9.17) is 11.0 Å². The molecule has 2 heterocycles. The first-order chi connectivity index (χ1) is 13.4. The molecule has 6 nitrogen and oxygen atoms in total. The number of hydrogen-bond donors (Lipinski definition) is 4. The Balaban J connectivity index is 1.82. The number of nitriles is 1. The summed E-state index contributed by atoms with van der Waals surface area (Å²) in [5.41, 5.74) is 10.2. The zero-order valence-corrected chi connectivity index (χ0v) is 16.0. The standard InChI is InChI=1S/C21H21N3O3S/c22-11-13-1-3-14(4-2-13)16-9-17-19(15-5-7-28(26,27)8-6-15)12-24-20(17)18(10-16)21(23)25/h1-4,9-10,12,15,24,26-27H,5-8H2,(H2,23,25). The van der Waals surface area contributed by atoms with Crippen LogP contribution in [0.3, 0.4) is 0 Å². The number of rotatable bonds is 3. The molecule has 7 heteroatoms. The van der Waals surface area contributed by atoms with E-state index in [2.05, 4.69) is 11.1 Å². The van der Waals surface area contributed by atoms with Crippen molar-refractivity contribution in [2.24, 2.45) is 5.73 Å². The Hall–Kier alpha value is -2.79. The number of nitrogens with zero attached hydrogens (tertiary/aromatic N) is 1. The van der Waals surface area contributed by atoms with Gasteiger partial charge in [-0.3, -0.25) is 13.9 Å². The second-order valence-electron chi connectivity index (χ2n) is 7.23. The molecule has 1 amide bonds. The van der Waals surface area contributed by atoms with Gasteiger partial charge in [-0.15, -0.1) is 0 Å². The number of benzene rings is 2. The third-order valence-corrected chi connectivity index (χ3v) is 7.24. The summed E-state index contributed by atoms with van der Waals surface area (Å²) >= 11 is 0. The molecule has 0 radical (unpaired) electrons. The minimum Gasteiger partial charge on any atom is -0.366 e. The van der Waals surface area contributed by atoms with Gasteiger partial charge in [-0.25, -0.2) is 0 Å². The quantitative estimate of drug-likeness (QED) is 0.523. The number of fused-ring (bicyclic) bond motifs is 1. The number of aromatic nitrogens is 1. The van der Waals surface area contributed by atoms with Crippen LogP contribution >= 0.6 is 10.6 Å². The van der Waals surface area contributed by atoms with Crippen molar-refractivity contribution < 1.29 is 13.9 Å². The molecule has 0 saturated carbocycles. The molecule has 0 aliphatic carbocycles. The topological polar surface area (TPSA) is 123 Å². The number of primary amides is 1. The Morgan fingerprint density at radius 3 is 2.43 bits per heavy atom. The number of nitrogens with two attached hydrogens (primary N) is 1. The van der Waals surface area contributed by atoms with E-state index in [9.17, 15) is 13.9 Å². The van der Waals surface area contributed by atoms with Crippen LogP contribution in [0, 0.1) is 11.3 Å². The largest absolute Gasteiger partial charge is 0.366 e. The van der Waals surface area contributed by atoms with Crippen LogP contribution in [0.2, 0.25) is 0 Å². The van der Waals surface area contributed by atoms with Gasteiger partial charge in [0.2, 0.25) is 0 Å². The first kappa shape index (κ1) is 18.6. The Morgan fingerprint density at radius 2 is 1.82 bits per heavy atom. The SMILES string of the molecule is N#Cc1ccc(-c2cc(C(N)=O)c3[nH]cc(C4CCS(O)(O)CC4)c3c2)cc1. The van der Waals surface area contributed by atoms with Gasteiger partial charge in [-0.05, 0) is 59.7 Å². The molecule has 0 spiro atoms. The Kier molecular flexibility index (Phi) is 4.63. The van der Waals surface area contributed by atoms with Crippen molar-refractivity contribution in [1.82, 2.24) is 4.98 Å². The van der Waals surface area contributed by atoms with E-state index in [0.29, 0.717) is 41.0 Å².